The number of carbonyl (C=O) groups excluding carboxylic acids is 1. The summed E-state index contributed by atoms with van der Waals surface area (Å²) in [6.07, 6.45) is 1.19. The Morgan fingerprint density at radius 3 is 2.40 bits per heavy atom. The molecule has 0 saturated carbocycles. The Morgan fingerprint density at radius 2 is 1.71 bits per heavy atom. The number of nitrogens with zero attached hydrogens (tertiary/aromatic N) is 3. The lowest BCUT2D eigenvalue weighted by Crippen LogP contribution is -2.38. The quantitative estimate of drug-likeness (QED) is 0.165. The van der Waals surface area contributed by atoms with Crippen molar-refractivity contribution < 1.29 is 29.3 Å². The molecule has 3 aromatic carbocycles. The van der Waals surface area contributed by atoms with E-state index in [1.807, 2.05) is 84.4 Å². The highest BCUT2D eigenvalue weighted by Crippen LogP contribution is 2.43. The highest BCUT2D eigenvalue weighted by molar-refractivity contribution is 7.99. The average Bonchev–Trinajstić information content (AvgIpc) is 3.47. The molecular weight excluding hydrogens is 592 g/mol. The molecular formula is C34H38N4O6S. The number of hydrogen-bond acceptors (Lipinski definition) is 8. The van der Waals surface area contributed by atoms with Crippen LogP contribution in [0.4, 0.5) is 0 Å². The van der Waals surface area contributed by atoms with E-state index in [4.69, 9.17) is 14.6 Å². The Labute approximate surface area is 266 Å². The molecule has 0 unspecified atom stereocenters. The van der Waals surface area contributed by atoms with Gasteiger partial charge in [-0.2, -0.15) is 0 Å². The third kappa shape index (κ3) is 8.37. The molecule has 1 aliphatic rings. The summed E-state index contributed by atoms with van der Waals surface area (Å²) in [5.41, 5.74) is 5.71. The number of aryl methyl sites for hydroxylation is 1. The fourth-order valence-electron chi connectivity index (χ4n) is 5.33. The number of benzene rings is 3. The first-order valence-corrected chi connectivity index (χ1v) is 15.9. The molecule has 4 aromatic rings. The fraction of sp³-hybridized carbons (Fsp3) is 0.353. The van der Waals surface area contributed by atoms with Gasteiger partial charge < -0.3 is 29.6 Å². The molecule has 10 nitrogen and oxygen atoms in total. The average molecular weight is 631 g/mol. The van der Waals surface area contributed by atoms with Crippen molar-refractivity contribution in [2.24, 2.45) is 13.0 Å². The standard InChI is InChI=1S/C34H38N4O6S/c1-22-29(20-45-34-37-36-21-38(34)2)43-33(44-32(22)25-12-10-23(19-39)11-13-25)26-16-14-24(15-17-26)28-7-4-3-6-27(28)18-35-30(40)8-5-9-31(41)42/h3-4,6-7,10-17,21-22,29,32-33,39H,5,8-9,18-20H2,1-2H3,(H,35,40)(H,41,42)/t22-,29+,32+,33+/m1/s1. The zero-order valence-corrected chi connectivity index (χ0v) is 26.2. The summed E-state index contributed by atoms with van der Waals surface area (Å²) in [7, 11) is 1.92. The van der Waals surface area contributed by atoms with E-state index in [2.05, 4.69) is 22.4 Å². The van der Waals surface area contributed by atoms with Gasteiger partial charge in [0.15, 0.2) is 11.4 Å². The number of aromatic nitrogens is 3. The lowest BCUT2D eigenvalue weighted by atomic mass is 9.91. The van der Waals surface area contributed by atoms with Crippen molar-refractivity contribution in [2.45, 2.75) is 63.0 Å². The number of thioether (sulfide) groups is 1. The van der Waals surface area contributed by atoms with Gasteiger partial charge in [0.1, 0.15) is 6.33 Å². The van der Waals surface area contributed by atoms with Crippen LogP contribution in [0.15, 0.2) is 84.3 Å². The normalized spacial score (nSPS) is 19.7. The lowest BCUT2D eigenvalue weighted by Gasteiger charge is -2.41. The summed E-state index contributed by atoms with van der Waals surface area (Å²) in [5.74, 6) is -0.354. The number of amides is 1. The highest BCUT2D eigenvalue weighted by Gasteiger charge is 2.38. The molecule has 236 valence electrons. The van der Waals surface area contributed by atoms with Crippen molar-refractivity contribution in [3.05, 3.63) is 101 Å². The molecule has 0 spiro atoms. The van der Waals surface area contributed by atoms with Gasteiger partial charge in [-0.25, -0.2) is 0 Å². The number of aliphatic hydroxyl groups excluding tert-OH is 1. The van der Waals surface area contributed by atoms with Crippen LogP contribution in [-0.2, 0) is 39.3 Å². The molecule has 1 aliphatic heterocycles. The molecule has 3 N–H and O–H groups in total. The zero-order chi connectivity index (χ0) is 31.8. The maximum Gasteiger partial charge on any atom is 0.303 e. The molecule has 4 atom stereocenters. The van der Waals surface area contributed by atoms with E-state index >= 15 is 0 Å². The third-order valence-electron chi connectivity index (χ3n) is 7.95. The summed E-state index contributed by atoms with van der Waals surface area (Å²) in [6.45, 7) is 2.46. The van der Waals surface area contributed by atoms with Crippen molar-refractivity contribution in [2.75, 3.05) is 5.75 Å². The number of carboxylic acid groups (broad SMARTS) is 1. The van der Waals surface area contributed by atoms with Gasteiger partial charge in [0.05, 0.1) is 18.8 Å². The number of aliphatic carboxylic acids is 1. The van der Waals surface area contributed by atoms with E-state index in [1.54, 1.807) is 18.1 Å². The molecule has 11 heteroatoms. The van der Waals surface area contributed by atoms with Crippen molar-refractivity contribution in [3.63, 3.8) is 0 Å². The molecule has 0 radical (unpaired) electrons. The Balaban J connectivity index is 1.32. The Hall–Kier alpha value is -4.03. The van der Waals surface area contributed by atoms with Gasteiger partial charge in [-0.3, -0.25) is 9.59 Å². The number of nitrogens with one attached hydrogen (secondary N) is 1. The fourth-order valence-corrected chi connectivity index (χ4v) is 6.38. The Kier molecular flexibility index (Phi) is 11.0. The maximum atomic E-state index is 12.3. The second-order valence-electron chi connectivity index (χ2n) is 11.2. The van der Waals surface area contributed by atoms with Gasteiger partial charge in [-0.05, 0) is 34.2 Å². The van der Waals surface area contributed by atoms with Crippen LogP contribution in [0.25, 0.3) is 11.1 Å². The monoisotopic (exact) mass is 630 g/mol. The zero-order valence-electron chi connectivity index (χ0n) is 25.3. The van der Waals surface area contributed by atoms with Crippen molar-refractivity contribution in [1.82, 2.24) is 20.1 Å². The summed E-state index contributed by atoms with van der Waals surface area (Å²) >= 11 is 1.60. The van der Waals surface area contributed by atoms with Gasteiger partial charge in [0, 0.05) is 43.7 Å². The van der Waals surface area contributed by atoms with Crippen molar-refractivity contribution >= 4 is 23.6 Å². The van der Waals surface area contributed by atoms with Crippen LogP contribution in [0.3, 0.4) is 0 Å². The van der Waals surface area contributed by atoms with Gasteiger partial charge in [-0.15, -0.1) is 10.2 Å². The van der Waals surface area contributed by atoms with E-state index in [0.717, 1.165) is 38.5 Å². The predicted molar refractivity (Wildman–Crippen MR) is 170 cm³/mol. The maximum absolute atomic E-state index is 12.3. The minimum Gasteiger partial charge on any atom is -0.481 e. The molecule has 1 saturated heterocycles. The smallest absolute Gasteiger partial charge is 0.303 e. The number of carbonyl (C=O) groups is 2. The second kappa shape index (κ2) is 15.3. The van der Waals surface area contributed by atoms with E-state index in [9.17, 15) is 14.7 Å². The van der Waals surface area contributed by atoms with Gasteiger partial charge in [0.2, 0.25) is 5.91 Å². The van der Waals surface area contributed by atoms with Crippen LogP contribution in [0, 0.1) is 5.92 Å². The molecule has 1 amide bonds. The van der Waals surface area contributed by atoms with Gasteiger partial charge in [0.25, 0.3) is 0 Å². The summed E-state index contributed by atoms with van der Waals surface area (Å²) < 4.78 is 15.1. The first-order chi connectivity index (χ1) is 21.8. The summed E-state index contributed by atoms with van der Waals surface area (Å²) in [6, 6.07) is 23.8. The first kappa shape index (κ1) is 32.4. The number of carboxylic acids is 1. The second-order valence-corrected chi connectivity index (χ2v) is 12.1. The van der Waals surface area contributed by atoms with E-state index < -0.39 is 12.3 Å². The molecule has 0 bridgehead atoms. The number of aliphatic hydroxyl groups is 1. The van der Waals surface area contributed by atoms with Crippen LogP contribution in [-0.4, -0.2) is 48.7 Å². The molecule has 2 heterocycles. The van der Waals surface area contributed by atoms with Crippen LogP contribution in [0.5, 0.6) is 0 Å². The predicted octanol–water partition coefficient (Wildman–Crippen LogP) is 5.43. The van der Waals surface area contributed by atoms with E-state index in [-0.39, 0.29) is 43.5 Å². The van der Waals surface area contributed by atoms with Crippen molar-refractivity contribution in [1.29, 1.82) is 0 Å². The van der Waals surface area contributed by atoms with Crippen LogP contribution in [0.1, 0.15) is 60.8 Å². The SMILES string of the molecule is C[C@@H]1[C@H](CSc2nncn2C)O[C@H](c2ccc(-c3ccccc3CNC(=O)CCCC(=O)O)cc2)O[C@@H]1c1ccc(CO)cc1. The Morgan fingerprint density at radius 1 is 0.978 bits per heavy atom. The largest absolute Gasteiger partial charge is 0.481 e. The highest BCUT2D eigenvalue weighted by atomic mass is 32.2. The third-order valence-corrected chi connectivity index (χ3v) is 9.07. The minimum atomic E-state index is -0.904. The van der Waals surface area contributed by atoms with Crippen molar-refractivity contribution in [3.8, 4) is 11.1 Å². The summed E-state index contributed by atoms with van der Waals surface area (Å²) in [5, 5.41) is 30.3. The molecule has 45 heavy (non-hydrogen) atoms. The first-order valence-electron chi connectivity index (χ1n) is 15.0. The van der Waals surface area contributed by atoms with E-state index in [0.29, 0.717) is 18.7 Å². The van der Waals surface area contributed by atoms with Gasteiger partial charge in [-0.1, -0.05) is 91.5 Å². The number of ether oxygens (including phenoxy) is 2. The molecule has 1 aromatic heterocycles. The van der Waals surface area contributed by atoms with Crippen LogP contribution < -0.4 is 5.32 Å². The van der Waals surface area contributed by atoms with Crippen LogP contribution in [0.2, 0.25) is 0 Å². The molecule has 5 rings (SSSR count). The van der Waals surface area contributed by atoms with Crippen LogP contribution >= 0.6 is 11.8 Å². The van der Waals surface area contributed by atoms with E-state index in [1.165, 1.54) is 0 Å². The minimum absolute atomic E-state index is 0.0152. The Bertz CT molecular complexity index is 1580. The molecule has 1 fully saturated rings. The topological polar surface area (TPSA) is 136 Å². The molecule has 0 aliphatic carbocycles. The lowest BCUT2D eigenvalue weighted by molar-refractivity contribution is -0.268. The number of rotatable bonds is 13. The van der Waals surface area contributed by atoms with Gasteiger partial charge >= 0.3 is 5.97 Å². The summed E-state index contributed by atoms with van der Waals surface area (Å²) in [4.78, 5) is 23.0. The number of hydrogen-bond donors (Lipinski definition) is 3.